The number of benzene rings is 2. The van der Waals surface area contributed by atoms with Crippen molar-refractivity contribution >= 4 is 34.1 Å². The molecule has 4 rings (SSSR count). The first kappa shape index (κ1) is 18.9. The highest BCUT2D eigenvalue weighted by atomic mass is 32.1. The van der Waals surface area contributed by atoms with Gasteiger partial charge in [0.1, 0.15) is 10.6 Å². The van der Waals surface area contributed by atoms with Crippen molar-refractivity contribution in [3.63, 3.8) is 0 Å². The number of rotatable bonds is 4. The number of thiazole rings is 1. The van der Waals surface area contributed by atoms with Gasteiger partial charge in [-0.15, -0.1) is 11.3 Å². The summed E-state index contributed by atoms with van der Waals surface area (Å²) in [7, 11) is 0. The van der Waals surface area contributed by atoms with Gasteiger partial charge in [0.2, 0.25) is 5.91 Å². The Morgan fingerprint density at radius 3 is 2.55 bits per heavy atom. The molecule has 2 amide bonds. The van der Waals surface area contributed by atoms with Crippen molar-refractivity contribution in [2.45, 2.75) is 20.3 Å². The predicted molar refractivity (Wildman–Crippen MR) is 113 cm³/mol. The number of fused-ring (bicyclic) bond motifs is 1. The van der Waals surface area contributed by atoms with Crippen LogP contribution in [0.2, 0.25) is 0 Å². The lowest BCUT2D eigenvalue weighted by atomic mass is 10.1. The molecule has 6 nitrogen and oxygen atoms in total. The number of para-hydroxylation sites is 1. The highest BCUT2D eigenvalue weighted by Crippen LogP contribution is 2.25. The second kappa shape index (κ2) is 7.89. The number of nitrogens with zero attached hydrogens (tertiary/aromatic N) is 1. The number of aryl methyl sites for hydroxylation is 2. The number of hydrazine groups is 1. The number of furan rings is 1. The Hall–Kier alpha value is -3.45. The minimum atomic E-state index is -0.495. The zero-order valence-electron chi connectivity index (χ0n) is 16.0. The third kappa shape index (κ3) is 4.05. The lowest BCUT2D eigenvalue weighted by Gasteiger charge is -2.05. The van der Waals surface area contributed by atoms with Crippen molar-refractivity contribution in [3.8, 4) is 10.6 Å². The van der Waals surface area contributed by atoms with E-state index < -0.39 is 5.91 Å². The fourth-order valence-electron chi connectivity index (χ4n) is 3.00. The van der Waals surface area contributed by atoms with E-state index in [1.165, 1.54) is 16.9 Å². The van der Waals surface area contributed by atoms with Gasteiger partial charge in [-0.2, -0.15) is 0 Å². The van der Waals surface area contributed by atoms with E-state index in [4.69, 9.17) is 4.42 Å². The summed E-state index contributed by atoms with van der Waals surface area (Å²) in [4.78, 5) is 29.1. The summed E-state index contributed by atoms with van der Waals surface area (Å²) < 4.78 is 5.60. The van der Waals surface area contributed by atoms with E-state index >= 15 is 0 Å². The molecule has 2 heterocycles. The molecule has 0 unspecified atom stereocenters. The third-order valence-electron chi connectivity index (χ3n) is 4.56. The van der Waals surface area contributed by atoms with Gasteiger partial charge in [0.15, 0.2) is 5.76 Å². The summed E-state index contributed by atoms with van der Waals surface area (Å²) >= 11 is 1.48. The first-order valence-electron chi connectivity index (χ1n) is 9.10. The summed E-state index contributed by atoms with van der Waals surface area (Å²) in [5, 5.41) is 3.57. The average molecular weight is 405 g/mol. The average Bonchev–Trinajstić information content (AvgIpc) is 3.32. The quantitative estimate of drug-likeness (QED) is 0.499. The Kier molecular flexibility index (Phi) is 5.14. The van der Waals surface area contributed by atoms with E-state index in [9.17, 15) is 9.59 Å². The maximum atomic E-state index is 12.4. The van der Waals surface area contributed by atoms with Crippen LogP contribution in [0.1, 0.15) is 27.4 Å². The monoisotopic (exact) mass is 405 g/mol. The van der Waals surface area contributed by atoms with E-state index in [1.807, 2.05) is 61.7 Å². The van der Waals surface area contributed by atoms with Crippen LogP contribution in [0.5, 0.6) is 0 Å². The van der Waals surface area contributed by atoms with E-state index in [1.54, 1.807) is 6.07 Å². The van der Waals surface area contributed by atoms with Crippen LogP contribution in [-0.4, -0.2) is 16.8 Å². The number of hydrogen-bond acceptors (Lipinski definition) is 5. The maximum Gasteiger partial charge on any atom is 0.305 e. The van der Waals surface area contributed by atoms with Crippen LogP contribution in [0.4, 0.5) is 0 Å². The van der Waals surface area contributed by atoms with Crippen LogP contribution in [0, 0.1) is 13.8 Å². The summed E-state index contributed by atoms with van der Waals surface area (Å²) in [6.45, 7) is 3.84. The molecule has 0 spiro atoms. The maximum absolute atomic E-state index is 12.4. The third-order valence-corrected chi connectivity index (χ3v) is 5.50. The summed E-state index contributed by atoms with van der Waals surface area (Å²) in [5.74, 6) is -0.666. The van der Waals surface area contributed by atoms with Gasteiger partial charge in [-0.1, -0.05) is 48.0 Å². The highest BCUT2D eigenvalue weighted by molar-refractivity contribution is 7.13. The van der Waals surface area contributed by atoms with E-state index in [0.29, 0.717) is 11.3 Å². The summed E-state index contributed by atoms with van der Waals surface area (Å²) in [6, 6.07) is 15.5. The van der Waals surface area contributed by atoms with Crippen LogP contribution in [0.15, 0.2) is 58.3 Å². The number of carbonyl (C=O) groups excluding carboxylic acids is 2. The lowest BCUT2D eigenvalue weighted by molar-refractivity contribution is -0.121. The second-order valence-electron chi connectivity index (χ2n) is 6.74. The van der Waals surface area contributed by atoms with Gasteiger partial charge in [0.25, 0.3) is 0 Å². The fourth-order valence-corrected chi connectivity index (χ4v) is 3.83. The van der Waals surface area contributed by atoms with Gasteiger partial charge in [-0.05, 0) is 19.9 Å². The molecule has 2 aromatic carbocycles. The topological polar surface area (TPSA) is 84.2 Å². The second-order valence-corrected chi connectivity index (χ2v) is 7.60. The molecular formula is C22H19N3O3S. The number of amides is 2. The van der Waals surface area contributed by atoms with Gasteiger partial charge >= 0.3 is 5.91 Å². The minimum Gasteiger partial charge on any atom is -0.451 e. The molecule has 4 aromatic rings. The molecule has 0 aliphatic heterocycles. The SMILES string of the molecule is Cc1ccc(-c2nc(CC(=O)NNC(=O)c3oc4ccccc4c3C)cs2)cc1. The van der Waals surface area contributed by atoms with Crippen LogP contribution in [-0.2, 0) is 11.2 Å². The Balaban J connectivity index is 1.37. The first-order valence-corrected chi connectivity index (χ1v) is 9.98. The Morgan fingerprint density at radius 1 is 1.03 bits per heavy atom. The predicted octanol–water partition coefficient (Wildman–Crippen LogP) is 4.18. The van der Waals surface area contributed by atoms with Crippen LogP contribution in [0.25, 0.3) is 21.5 Å². The van der Waals surface area contributed by atoms with E-state index in [2.05, 4.69) is 15.8 Å². The smallest absolute Gasteiger partial charge is 0.305 e. The molecule has 2 N–H and O–H groups in total. The first-order chi connectivity index (χ1) is 14.0. The fraction of sp³-hybridized carbons (Fsp3) is 0.136. The molecule has 0 fully saturated rings. The van der Waals surface area contributed by atoms with Gasteiger partial charge < -0.3 is 4.42 Å². The van der Waals surface area contributed by atoms with E-state index in [0.717, 1.165) is 21.5 Å². The van der Waals surface area contributed by atoms with Crippen molar-refractivity contribution < 1.29 is 14.0 Å². The van der Waals surface area contributed by atoms with Crippen molar-refractivity contribution in [1.82, 2.24) is 15.8 Å². The molecular weight excluding hydrogens is 386 g/mol. The largest absolute Gasteiger partial charge is 0.451 e. The zero-order chi connectivity index (χ0) is 20.4. The summed E-state index contributed by atoms with van der Waals surface area (Å²) in [5.41, 5.74) is 9.04. The molecule has 0 saturated carbocycles. The van der Waals surface area contributed by atoms with Crippen molar-refractivity contribution in [2.75, 3.05) is 0 Å². The van der Waals surface area contributed by atoms with Crippen LogP contribution >= 0.6 is 11.3 Å². The molecule has 0 aliphatic rings. The molecule has 7 heteroatoms. The number of hydrogen-bond donors (Lipinski definition) is 2. The van der Waals surface area contributed by atoms with Crippen molar-refractivity contribution in [2.24, 2.45) is 0 Å². The lowest BCUT2D eigenvalue weighted by Crippen LogP contribution is -2.42. The summed E-state index contributed by atoms with van der Waals surface area (Å²) in [6.07, 6.45) is 0.0712. The number of carbonyl (C=O) groups is 2. The molecule has 29 heavy (non-hydrogen) atoms. The van der Waals surface area contributed by atoms with Crippen molar-refractivity contribution in [3.05, 3.63) is 76.5 Å². The van der Waals surface area contributed by atoms with Gasteiger partial charge in [0, 0.05) is 21.9 Å². The normalized spacial score (nSPS) is 10.8. The molecule has 146 valence electrons. The van der Waals surface area contributed by atoms with Gasteiger partial charge in [0.05, 0.1) is 12.1 Å². The van der Waals surface area contributed by atoms with Gasteiger partial charge in [-0.3, -0.25) is 20.4 Å². The Morgan fingerprint density at radius 2 is 1.79 bits per heavy atom. The van der Waals surface area contributed by atoms with E-state index in [-0.39, 0.29) is 18.1 Å². The molecule has 0 bridgehead atoms. The van der Waals surface area contributed by atoms with Crippen molar-refractivity contribution in [1.29, 1.82) is 0 Å². The molecule has 0 saturated heterocycles. The molecule has 0 aliphatic carbocycles. The molecule has 0 radical (unpaired) electrons. The zero-order valence-corrected chi connectivity index (χ0v) is 16.8. The number of nitrogens with one attached hydrogen (secondary N) is 2. The Labute approximate surface area is 171 Å². The Bertz CT molecular complexity index is 1190. The van der Waals surface area contributed by atoms with Crippen LogP contribution in [0.3, 0.4) is 0 Å². The van der Waals surface area contributed by atoms with Gasteiger partial charge in [-0.25, -0.2) is 4.98 Å². The highest BCUT2D eigenvalue weighted by Gasteiger charge is 2.18. The van der Waals surface area contributed by atoms with Crippen LogP contribution < -0.4 is 10.9 Å². The standard InChI is InChI=1S/C22H19N3O3S/c1-13-7-9-15(10-8-13)22-23-16(12-29-22)11-19(26)24-25-21(27)20-14(2)17-5-3-4-6-18(17)28-20/h3-10,12H,11H2,1-2H3,(H,24,26)(H,25,27). The minimum absolute atomic E-state index is 0.0712. The molecule has 2 aromatic heterocycles. The molecule has 0 atom stereocenters. The number of aromatic nitrogens is 1.